The van der Waals surface area contributed by atoms with Crippen molar-refractivity contribution in [1.29, 1.82) is 0 Å². The van der Waals surface area contributed by atoms with Gasteiger partial charge in [-0.3, -0.25) is 4.79 Å². The van der Waals surface area contributed by atoms with Crippen molar-refractivity contribution in [3.8, 4) is 0 Å². The SMILES string of the molecule is CC[C@@H](C)NS(=O)(=O)c1ccc(NC(=O)[C@@H]2CCCO2)cc1. The van der Waals surface area contributed by atoms with Gasteiger partial charge < -0.3 is 10.1 Å². The molecule has 0 aliphatic carbocycles. The van der Waals surface area contributed by atoms with E-state index >= 15 is 0 Å². The van der Waals surface area contributed by atoms with E-state index in [4.69, 9.17) is 4.74 Å². The van der Waals surface area contributed by atoms with Crippen LogP contribution in [0.4, 0.5) is 5.69 Å². The Morgan fingerprint density at radius 3 is 2.59 bits per heavy atom. The lowest BCUT2D eigenvalue weighted by molar-refractivity contribution is -0.124. The average molecular weight is 326 g/mol. The molecule has 2 rings (SSSR count). The molecule has 2 atom stereocenters. The topological polar surface area (TPSA) is 84.5 Å². The van der Waals surface area contributed by atoms with Crippen LogP contribution in [0.3, 0.4) is 0 Å². The van der Waals surface area contributed by atoms with Crippen LogP contribution in [0.15, 0.2) is 29.2 Å². The zero-order valence-electron chi connectivity index (χ0n) is 12.8. The third-order valence-corrected chi connectivity index (χ3v) is 5.23. The van der Waals surface area contributed by atoms with Gasteiger partial charge in [0.05, 0.1) is 4.90 Å². The van der Waals surface area contributed by atoms with E-state index in [2.05, 4.69) is 10.0 Å². The fourth-order valence-corrected chi connectivity index (χ4v) is 3.47. The zero-order valence-corrected chi connectivity index (χ0v) is 13.7. The van der Waals surface area contributed by atoms with E-state index in [1.165, 1.54) is 12.1 Å². The van der Waals surface area contributed by atoms with Gasteiger partial charge in [-0.25, -0.2) is 13.1 Å². The van der Waals surface area contributed by atoms with Gasteiger partial charge in [-0.15, -0.1) is 0 Å². The van der Waals surface area contributed by atoms with Crippen LogP contribution < -0.4 is 10.0 Å². The molecule has 22 heavy (non-hydrogen) atoms. The van der Waals surface area contributed by atoms with E-state index in [0.29, 0.717) is 12.3 Å². The second kappa shape index (κ2) is 7.21. The largest absolute Gasteiger partial charge is 0.368 e. The Balaban J connectivity index is 2.02. The molecule has 0 radical (unpaired) electrons. The first-order chi connectivity index (χ1) is 10.4. The Kier molecular flexibility index (Phi) is 5.55. The van der Waals surface area contributed by atoms with Gasteiger partial charge >= 0.3 is 0 Å². The number of anilines is 1. The minimum Gasteiger partial charge on any atom is -0.368 e. The molecule has 6 nitrogen and oxygen atoms in total. The number of rotatable bonds is 6. The number of carbonyl (C=O) groups is 1. The second-order valence-electron chi connectivity index (χ2n) is 5.45. The lowest BCUT2D eigenvalue weighted by Gasteiger charge is -2.13. The van der Waals surface area contributed by atoms with Crippen molar-refractivity contribution in [2.45, 2.75) is 50.2 Å². The van der Waals surface area contributed by atoms with Gasteiger partial charge in [0, 0.05) is 18.3 Å². The van der Waals surface area contributed by atoms with E-state index in [1.807, 2.05) is 13.8 Å². The van der Waals surface area contributed by atoms with Crippen molar-refractivity contribution in [3.63, 3.8) is 0 Å². The van der Waals surface area contributed by atoms with Crippen LogP contribution >= 0.6 is 0 Å². The number of carbonyl (C=O) groups excluding carboxylic acids is 1. The first kappa shape index (κ1) is 16.9. The van der Waals surface area contributed by atoms with E-state index in [9.17, 15) is 13.2 Å². The predicted molar refractivity (Wildman–Crippen MR) is 84.1 cm³/mol. The molecule has 7 heteroatoms. The number of hydrogen-bond donors (Lipinski definition) is 2. The Morgan fingerprint density at radius 1 is 1.36 bits per heavy atom. The van der Waals surface area contributed by atoms with Gasteiger partial charge in [0.1, 0.15) is 6.10 Å². The molecular weight excluding hydrogens is 304 g/mol. The molecular formula is C15H22N2O4S. The number of amides is 1. The molecule has 0 bridgehead atoms. The molecule has 2 N–H and O–H groups in total. The van der Waals surface area contributed by atoms with Crippen LogP contribution in [0.5, 0.6) is 0 Å². The standard InChI is InChI=1S/C15H22N2O4S/c1-3-11(2)17-22(19,20)13-8-6-12(7-9-13)16-15(18)14-5-4-10-21-14/h6-9,11,14,17H,3-5,10H2,1-2H3,(H,16,18)/t11-,14+/m1/s1. The number of nitrogens with one attached hydrogen (secondary N) is 2. The van der Waals surface area contributed by atoms with Crippen LogP contribution in [-0.2, 0) is 19.6 Å². The summed E-state index contributed by atoms with van der Waals surface area (Å²) in [5, 5.41) is 2.74. The molecule has 122 valence electrons. The highest BCUT2D eigenvalue weighted by Crippen LogP contribution is 2.17. The summed E-state index contributed by atoms with van der Waals surface area (Å²) in [5.74, 6) is -0.189. The normalized spacial score (nSPS) is 19.8. The summed E-state index contributed by atoms with van der Waals surface area (Å²) < 4.78 is 32.1. The van der Waals surface area contributed by atoms with Gasteiger partial charge in [-0.05, 0) is 50.5 Å². The Hall–Kier alpha value is -1.44. The highest BCUT2D eigenvalue weighted by atomic mass is 32.2. The maximum Gasteiger partial charge on any atom is 0.253 e. The summed E-state index contributed by atoms with van der Waals surface area (Å²) in [6.07, 6.45) is 1.91. The lowest BCUT2D eigenvalue weighted by atomic mass is 10.2. The molecule has 0 spiro atoms. The number of ether oxygens (including phenoxy) is 1. The summed E-state index contributed by atoms with van der Waals surface area (Å²) in [4.78, 5) is 12.1. The molecule has 1 fully saturated rings. The Labute approximate surface area is 131 Å². The molecule has 0 unspecified atom stereocenters. The third kappa shape index (κ3) is 4.28. The number of benzene rings is 1. The molecule has 1 amide bonds. The Morgan fingerprint density at radius 2 is 2.05 bits per heavy atom. The fourth-order valence-electron chi connectivity index (χ4n) is 2.14. The molecule has 0 aromatic heterocycles. The molecule has 1 aromatic carbocycles. The van der Waals surface area contributed by atoms with Crippen molar-refractivity contribution in [1.82, 2.24) is 4.72 Å². The van der Waals surface area contributed by atoms with E-state index in [0.717, 1.165) is 19.3 Å². The fraction of sp³-hybridized carbons (Fsp3) is 0.533. The highest BCUT2D eigenvalue weighted by molar-refractivity contribution is 7.89. The first-order valence-corrected chi connectivity index (χ1v) is 8.95. The first-order valence-electron chi connectivity index (χ1n) is 7.47. The van der Waals surface area contributed by atoms with Crippen LogP contribution in [0.2, 0.25) is 0 Å². The van der Waals surface area contributed by atoms with Gasteiger partial charge in [0.15, 0.2) is 0 Å². The van der Waals surface area contributed by atoms with Gasteiger partial charge in [-0.2, -0.15) is 0 Å². The van der Waals surface area contributed by atoms with Crippen LogP contribution in [0, 0.1) is 0 Å². The maximum atomic E-state index is 12.1. The van der Waals surface area contributed by atoms with Gasteiger partial charge in [0.25, 0.3) is 5.91 Å². The smallest absolute Gasteiger partial charge is 0.253 e. The average Bonchev–Trinajstić information content (AvgIpc) is 3.01. The van der Waals surface area contributed by atoms with E-state index in [1.54, 1.807) is 12.1 Å². The Bertz CT molecular complexity index is 607. The van der Waals surface area contributed by atoms with Crippen molar-refractivity contribution < 1.29 is 17.9 Å². The monoisotopic (exact) mass is 326 g/mol. The maximum absolute atomic E-state index is 12.1. The van der Waals surface area contributed by atoms with Crippen molar-refractivity contribution in [2.75, 3.05) is 11.9 Å². The van der Waals surface area contributed by atoms with E-state index < -0.39 is 16.1 Å². The summed E-state index contributed by atoms with van der Waals surface area (Å²) in [6, 6.07) is 6.01. The van der Waals surface area contributed by atoms with Crippen LogP contribution in [-0.4, -0.2) is 33.1 Å². The summed E-state index contributed by atoms with van der Waals surface area (Å²) in [7, 11) is -3.52. The lowest BCUT2D eigenvalue weighted by Crippen LogP contribution is -2.32. The molecule has 1 heterocycles. The predicted octanol–water partition coefficient (Wildman–Crippen LogP) is 1.88. The quantitative estimate of drug-likeness (QED) is 0.836. The minimum atomic E-state index is -3.52. The van der Waals surface area contributed by atoms with Crippen LogP contribution in [0.25, 0.3) is 0 Å². The number of hydrogen-bond acceptors (Lipinski definition) is 4. The summed E-state index contributed by atoms with van der Waals surface area (Å²) in [5.41, 5.74) is 0.558. The van der Waals surface area contributed by atoms with Gasteiger partial charge in [0.2, 0.25) is 10.0 Å². The molecule has 1 aliphatic heterocycles. The van der Waals surface area contributed by atoms with Crippen LogP contribution in [0.1, 0.15) is 33.1 Å². The highest BCUT2D eigenvalue weighted by Gasteiger charge is 2.23. The molecule has 0 saturated carbocycles. The summed E-state index contributed by atoms with van der Waals surface area (Å²) in [6.45, 7) is 4.33. The van der Waals surface area contributed by atoms with Crippen molar-refractivity contribution >= 4 is 21.6 Å². The molecule has 1 saturated heterocycles. The zero-order chi connectivity index (χ0) is 16.2. The second-order valence-corrected chi connectivity index (χ2v) is 7.16. The summed E-state index contributed by atoms with van der Waals surface area (Å²) >= 11 is 0. The minimum absolute atomic E-state index is 0.121. The third-order valence-electron chi connectivity index (χ3n) is 3.62. The number of sulfonamides is 1. The van der Waals surface area contributed by atoms with E-state index in [-0.39, 0.29) is 16.8 Å². The van der Waals surface area contributed by atoms with Crippen molar-refractivity contribution in [2.24, 2.45) is 0 Å². The van der Waals surface area contributed by atoms with Gasteiger partial charge in [-0.1, -0.05) is 6.92 Å². The van der Waals surface area contributed by atoms with Crippen molar-refractivity contribution in [3.05, 3.63) is 24.3 Å². The molecule has 1 aromatic rings. The molecule has 1 aliphatic rings.